The summed E-state index contributed by atoms with van der Waals surface area (Å²) in [5, 5.41) is 15.3. The fourth-order valence-electron chi connectivity index (χ4n) is 1.61. The molecule has 1 aromatic rings. The molecule has 0 saturated carbocycles. The van der Waals surface area contributed by atoms with Crippen molar-refractivity contribution >= 4 is 10.0 Å². The lowest BCUT2D eigenvalue weighted by molar-refractivity contribution is 0.257. The van der Waals surface area contributed by atoms with Gasteiger partial charge in [0.2, 0.25) is 10.0 Å². The highest BCUT2D eigenvalue weighted by Gasteiger charge is 2.27. The summed E-state index contributed by atoms with van der Waals surface area (Å²) >= 11 is 0. The third-order valence-electron chi connectivity index (χ3n) is 2.36. The second-order valence-corrected chi connectivity index (χ2v) is 5.36. The van der Waals surface area contributed by atoms with Gasteiger partial charge in [-0.15, -0.1) is 0 Å². The molecular weight excluding hydrogens is 230 g/mol. The molecule has 1 aromatic heterocycles. The number of hydrogen-bond donors (Lipinski definition) is 2. The van der Waals surface area contributed by atoms with Gasteiger partial charge >= 0.3 is 0 Å². The van der Waals surface area contributed by atoms with Crippen molar-refractivity contribution in [2.45, 2.75) is 25.7 Å². The molecule has 0 radical (unpaired) electrons. The Labute approximate surface area is 95.3 Å². The molecule has 0 aromatic carbocycles. The monoisotopic (exact) mass is 247 g/mol. The van der Waals surface area contributed by atoms with E-state index >= 15 is 0 Å². The highest BCUT2D eigenvalue weighted by molar-refractivity contribution is 7.89. The molecule has 0 bridgehead atoms. The minimum absolute atomic E-state index is 0.100. The van der Waals surface area contributed by atoms with E-state index in [1.807, 2.05) is 0 Å². The van der Waals surface area contributed by atoms with Gasteiger partial charge in [-0.1, -0.05) is 6.92 Å². The van der Waals surface area contributed by atoms with Gasteiger partial charge in [0, 0.05) is 13.1 Å². The molecule has 1 heterocycles. The van der Waals surface area contributed by atoms with Crippen molar-refractivity contribution in [3.8, 4) is 0 Å². The van der Waals surface area contributed by atoms with Crippen LogP contribution < -0.4 is 0 Å². The minimum atomic E-state index is -3.55. The summed E-state index contributed by atoms with van der Waals surface area (Å²) in [6.07, 6.45) is 0. The Bertz CT molecular complexity index is 433. The molecule has 0 amide bonds. The predicted octanol–water partition coefficient (Wildman–Crippen LogP) is 0.0294. The molecule has 7 heteroatoms. The molecule has 16 heavy (non-hydrogen) atoms. The zero-order valence-electron chi connectivity index (χ0n) is 9.69. The number of aliphatic hydroxyl groups excluding tert-OH is 1. The topological polar surface area (TPSA) is 86.3 Å². The molecular formula is C9H17N3O3S. The van der Waals surface area contributed by atoms with Crippen LogP contribution in [0.3, 0.4) is 0 Å². The van der Waals surface area contributed by atoms with Crippen molar-refractivity contribution in [3.05, 3.63) is 11.4 Å². The number of aromatic nitrogens is 2. The molecule has 6 nitrogen and oxygen atoms in total. The lowest BCUT2D eigenvalue weighted by Crippen LogP contribution is -2.33. The first-order valence-electron chi connectivity index (χ1n) is 5.07. The van der Waals surface area contributed by atoms with E-state index in [1.54, 1.807) is 20.8 Å². The maximum atomic E-state index is 12.2. The molecule has 0 aliphatic rings. The number of likely N-dealkylation sites (N-methyl/N-ethyl adjacent to an activating group) is 1. The molecule has 1 rings (SSSR count). The predicted molar refractivity (Wildman–Crippen MR) is 59.6 cm³/mol. The minimum Gasteiger partial charge on any atom is -0.395 e. The summed E-state index contributed by atoms with van der Waals surface area (Å²) < 4.78 is 25.7. The Balaban J connectivity index is 3.20. The van der Waals surface area contributed by atoms with E-state index in [-0.39, 0.29) is 18.0 Å². The van der Waals surface area contributed by atoms with E-state index in [1.165, 1.54) is 4.31 Å². The van der Waals surface area contributed by atoms with Crippen LogP contribution in [0.2, 0.25) is 0 Å². The lowest BCUT2D eigenvalue weighted by Gasteiger charge is -2.19. The number of H-pyrrole nitrogens is 1. The molecule has 0 saturated heterocycles. The van der Waals surface area contributed by atoms with Crippen molar-refractivity contribution in [2.75, 3.05) is 19.7 Å². The van der Waals surface area contributed by atoms with Gasteiger partial charge in [-0.25, -0.2) is 8.42 Å². The first-order chi connectivity index (χ1) is 7.45. The third kappa shape index (κ3) is 2.26. The van der Waals surface area contributed by atoms with E-state index in [4.69, 9.17) is 5.11 Å². The van der Waals surface area contributed by atoms with Crippen LogP contribution >= 0.6 is 0 Å². The Hall–Kier alpha value is -0.920. The first kappa shape index (κ1) is 13.1. The zero-order valence-corrected chi connectivity index (χ0v) is 10.5. The van der Waals surface area contributed by atoms with Crippen molar-refractivity contribution in [1.82, 2.24) is 14.5 Å². The van der Waals surface area contributed by atoms with E-state index in [2.05, 4.69) is 10.2 Å². The van der Waals surface area contributed by atoms with Crippen LogP contribution in [0.4, 0.5) is 0 Å². The van der Waals surface area contributed by atoms with Crippen molar-refractivity contribution < 1.29 is 13.5 Å². The van der Waals surface area contributed by atoms with Gasteiger partial charge in [0.25, 0.3) is 0 Å². The number of nitrogens with zero attached hydrogens (tertiary/aromatic N) is 2. The number of sulfonamides is 1. The Morgan fingerprint density at radius 3 is 2.44 bits per heavy atom. The van der Waals surface area contributed by atoms with Crippen molar-refractivity contribution in [2.24, 2.45) is 0 Å². The number of aromatic amines is 1. The van der Waals surface area contributed by atoms with Crippen molar-refractivity contribution in [3.63, 3.8) is 0 Å². The molecule has 0 fully saturated rings. The Morgan fingerprint density at radius 2 is 2.06 bits per heavy atom. The summed E-state index contributed by atoms with van der Waals surface area (Å²) in [5.74, 6) is 0. The Kier molecular flexibility index (Phi) is 4.06. The van der Waals surface area contributed by atoms with Gasteiger partial charge in [-0.2, -0.15) is 9.40 Å². The van der Waals surface area contributed by atoms with Crippen LogP contribution in [-0.4, -0.2) is 47.7 Å². The molecule has 0 atom stereocenters. The summed E-state index contributed by atoms with van der Waals surface area (Å²) in [6.45, 7) is 5.28. The lowest BCUT2D eigenvalue weighted by atomic mass is 10.4. The van der Waals surface area contributed by atoms with Gasteiger partial charge in [-0.05, 0) is 13.8 Å². The van der Waals surface area contributed by atoms with Gasteiger partial charge in [0.05, 0.1) is 18.0 Å². The van der Waals surface area contributed by atoms with E-state index < -0.39 is 10.0 Å². The maximum Gasteiger partial charge on any atom is 0.246 e. The van der Waals surface area contributed by atoms with E-state index in [0.717, 1.165) is 0 Å². The quantitative estimate of drug-likeness (QED) is 0.768. The van der Waals surface area contributed by atoms with Gasteiger partial charge < -0.3 is 5.11 Å². The van der Waals surface area contributed by atoms with Crippen LogP contribution in [0, 0.1) is 13.8 Å². The fourth-order valence-corrected chi connectivity index (χ4v) is 3.38. The summed E-state index contributed by atoms with van der Waals surface area (Å²) in [7, 11) is -3.55. The van der Waals surface area contributed by atoms with Crippen molar-refractivity contribution in [1.29, 1.82) is 0 Å². The molecule has 2 N–H and O–H groups in total. The number of aryl methyl sites for hydroxylation is 2. The zero-order chi connectivity index (χ0) is 12.3. The average Bonchev–Trinajstić information content (AvgIpc) is 2.55. The summed E-state index contributed by atoms with van der Waals surface area (Å²) in [5.41, 5.74) is 0.975. The number of aliphatic hydroxyl groups is 1. The second kappa shape index (κ2) is 4.94. The van der Waals surface area contributed by atoms with Crippen LogP contribution in [-0.2, 0) is 10.0 Å². The number of rotatable bonds is 5. The van der Waals surface area contributed by atoms with E-state index in [9.17, 15) is 8.42 Å². The molecule has 0 aliphatic heterocycles. The van der Waals surface area contributed by atoms with Crippen LogP contribution in [0.25, 0.3) is 0 Å². The Morgan fingerprint density at radius 1 is 1.44 bits per heavy atom. The maximum absolute atomic E-state index is 12.2. The van der Waals surface area contributed by atoms with Gasteiger partial charge in [-0.3, -0.25) is 5.10 Å². The highest BCUT2D eigenvalue weighted by Crippen LogP contribution is 2.20. The normalized spacial score (nSPS) is 12.3. The van der Waals surface area contributed by atoms with Crippen LogP contribution in [0.15, 0.2) is 4.90 Å². The summed E-state index contributed by atoms with van der Waals surface area (Å²) in [6, 6.07) is 0. The highest BCUT2D eigenvalue weighted by atomic mass is 32.2. The number of nitrogens with one attached hydrogen (secondary N) is 1. The molecule has 0 aliphatic carbocycles. The molecule has 92 valence electrons. The smallest absolute Gasteiger partial charge is 0.246 e. The van der Waals surface area contributed by atoms with Crippen LogP contribution in [0.5, 0.6) is 0 Å². The van der Waals surface area contributed by atoms with E-state index in [0.29, 0.717) is 17.9 Å². The third-order valence-corrected chi connectivity index (χ3v) is 4.60. The summed E-state index contributed by atoms with van der Waals surface area (Å²) in [4.78, 5) is 0.211. The van der Waals surface area contributed by atoms with Gasteiger partial charge in [0.15, 0.2) is 0 Å². The SMILES string of the molecule is CCN(CCO)S(=O)(=O)c1c(C)n[nH]c1C. The largest absolute Gasteiger partial charge is 0.395 e. The number of hydrogen-bond acceptors (Lipinski definition) is 4. The molecule has 0 unspecified atom stereocenters. The van der Waals surface area contributed by atoms with Gasteiger partial charge in [0.1, 0.15) is 4.90 Å². The standard InChI is InChI=1S/C9H17N3O3S/c1-4-12(5-6-13)16(14,15)9-7(2)10-11-8(9)3/h13H,4-6H2,1-3H3,(H,10,11). The second-order valence-electron chi connectivity index (χ2n) is 3.48. The first-order valence-corrected chi connectivity index (χ1v) is 6.51. The van der Waals surface area contributed by atoms with Crippen LogP contribution in [0.1, 0.15) is 18.3 Å². The molecule has 0 spiro atoms. The average molecular weight is 247 g/mol. The fraction of sp³-hybridized carbons (Fsp3) is 0.667.